The lowest BCUT2D eigenvalue weighted by Crippen LogP contribution is -2.45. The van der Waals surface area contributed by atoms with Crippen molar-refractivity contribution in [2.45, 2.75) is 25.8 Å². The summed E-state index contributed by atoms with van der Waals surface area (Å²) in [5.74, 6) is -0.540. The van der Waals surface area contributed by atoms with Crippen LogP contribution in [0, 0.1) is 5.82 Å². The number of likely N-dealkylation sites (N-methyl/N-ethyl adjacent to an activating group) is 1. The van der Waals surface area contributed by atoms with E-state index >= 15 is 0 Å². The average molecular weight is 291 g/mol. The molecule has 18 heavy (non-hydrogen) atoms. The van der Waals surface area contributed by atoms with Gasteiger partial charge in [-0.1, -0.05) is 30.1 Å². The van der Waals surface area contributed by atoms with Gasteiger partial charge in [0.1, 0.15) is 0 Å². The number of piperidine rings is 1. The predicted octanol–water partition coefficient (Wildman–Crippen LogP) is 3.71. The molecule has 0 spiro atoms. The number of rotatable bonds is 3. The molecule has 0 amide bonds. The van der Waals surface area contributed by atoms with Gasteiger partial charge in [0.2, 0.25) is 0 Å². The summed E-state index contributed by atoms with van der Waals surface area (Å²) >= 11 is 11.7. The maximum absolute atomic E-state index is 13.4. The van der Waals surface area contributed by atoms with Crippen LogP contribution in [0.3, 0.4) is 0 Å². The second kappa shape index (κ2) is 6.09. The maximum Gasteiger partial charge on any atom is 0.160 e. The van der Waals surface area contributed by atoms with Crippen LogP contribution in [0.15, 0.2) is 12.1 Å². The quantitative estimate of drug-likeness (QED) is 0.854. The van der Waals surface area contributed by atoms with Gasteiger partial charge in [0.15, 0.2) is 5.82 Å². The van der Waals surface area contributed by atoms with Crippen molar-refractivity contribution in [2.24, 2.45) is 0 Å². The minimum Gasteiger partial charge on any atom is -0.370 e. The van der Waals surface area contributed by atoms with E-state index in [0.29, 0.717) is 6.04 Å². The lowest BCUT2D eigenvalue weighted by atomic mass is 10.0. The second-order valence-electron chi connectivity index (χ2n) is 4.57. The Morgan fingerprint density at radius 2 is 2.06 bits per heavy atom. The van der Waals surface area contributed by atoms with E-state index in [2.05, 4.69) is 17.1 Å². The van der Waals surface area contributed by atoms with Crippen molar-refractivity contribution in [3.8, 4) is 0 Å². The topological polar surface area (TPSA) is 15.3 Å². The Bertz CT molecular complexity index is 400. The molecular weight excluding hydrogens is 274 g/mol. The third-order valence-corrected chi connectivity index (χ3v) is 3.80. The highest BCUT2D eigenvalue weighted by molar-refractivity contribution is 6.35. The van der Waals surface area contributed by atoms with Gasteiger partial charge in [-0.05, 0) is 31.5 Å². The SMILES string of the molecule is CCNC1CCCN(c2cc(Cl)c(F)c(Cl)c2)C1. The summed E-state index contributed by atoms with van der Waals surface area (Å²) in [6.45, 7) is 4.93. The summed E-state index contributed by atoms with van der Waals surface area (Å²) in [4.78, 5) is 2.20. The molecule has 0 aromatic heterocycles. The molecule has 5 heteroatoms. The molecule has 2 rings (SSSR count). The zero-order chi connectivity index (χ0) is 13.1. The van der Waals surface area contributed by atoms with Crippen molar-refractivity contribution in [1.29, 1.82) is 0 Å². The van der Waals surface area contributed by atoms with Gasteiger partial charge < -0.3 is 10.2 Å². The highest BCUT2D eigenvalue weighted by atomic mass is 35.5. The van der Waals surface area contributed by atoms with Crippen LogP contribution in [0.5, 0.6) is 0 Å². The largest absolute Gasteiger partial charge is 0.370 e. The Morgan fingerprint density at radius 3 is 2.67 bits per heavy atom. The van der Waals surface area contributed by atoms with Gasteiger partial charge in [0, 0.05) is 24.8 Å². The van der Waals surface area contributed by atoms with E-state index in [9.17, 15) is 4.39 Å². The van der Waals surface area contributed by atoms with E-state index < -0.39 is 5.82 Å². The lowest BCUT2D eigenvalue weighted by Gasteiger charge is -2.35. The van der Waals surface area contributed by atoms with E-state index in [1.54, 1.807) is 12.1 Å². The fourth-order valence-corrected chi connectivity index (χ4v) is 2.87. The Balaban J connectivity index is 2.15. The van der Waals surface area contributed by atoms with Gasteiger partial charge in [0.05, 0.1) is 10.0 Å². The normalized spacial score (nSPS) is 20.2. The first-order valence-electron chi connectivity index (χ1n) is 6.24. The van der Waals surface area contributed by atoms with E-state index in [0.717, 1.165) is 31.7 Å². The molecule has 1 atom stereocenters. The maximum atomic E-state index is 13.4. The van der Waals surface area contributed by atoms with Gasteiger partial charge in [0.25, 0.3) is 0 Å². The third kappa shape index (κ3) is 3.08. The molecule has 1 aliphatic rings. The number of benzene rings is 1. The Kier molecular flexibility index (Phi) is 4.71. The molecule has 2 nitrogen and oxygen atoms in total. The second-order valence-corrected chi connectivity index (χ2v) is 5.38. The third-order valence-electron chi connectivity index (χ3n) is 3.25. The van der Waals surface area contributed by atoms with Gasteiger partial charge in [-0.2, -0.15) is 0 Å². The molecule has 0 radical (unpaired) electrons. The van der Waals surface area contributed by atoms with Gasteiger partial charge in [-0.15, -0.1) is 0 Å². The standard InChI is InChI=1S/C13H17Cl2FN2/c1-2-17-9-4-3-5-18(8-9)10-6-11(14)13(16)12(15)7-10/h6-7,9,17H,2-5,8H2,1H3. The fraction of sp³-hybridized carbons (Fsp3) is 0.538. The minimum absolute atomic E-state index is 0.0862. The summed E-state index contributed by atoms with van der Waals surface area (Å²) in [6.07, 6.45) is 2.29. The summed E-state index contributed by atoms with van der Waals surface area (Å²) in [6, 6.07) is 3.78. The first-order chi connectivity index (χ1) is 8.61. The summed E-state index contributed by atoms with van der Waals surface area (Å²) in [7, 11) is 0. The Hall–Kier alpha value is -0.510. The molecule has 1 heterocycles. The molecule has 1 aromatic carbocycles. The molecule has 0 bridgehead atoms. The van der Waals surface area contributed by atoms with E-state index in [4.69, 9.17) is 23.2 Å². The summed E-state index contributed by atoms with van der Waals surface area (Å²) in [5, 5.41) is 3.62. The summed E-state index contributed by atoms with van der Waals surface area (Å²) in [5.41, 5.74) is 0.897. The molecule has 0 aliphatic carbocycles. The van der Waals surface area contributed by atoms with Crippen LogP contribution in [0.2, 0.25) is 10.0 Å². The van der Waals surface area contributed by atoms with Crippen molar-refractivity contribution >= 4 is 28.9 Å². The van der Waals surface area contributed by atoms with Gasteiger partial charge in [-0.3, -0.25) is 0 Å². The van der Waals surface area contributed by atoms with Gasteiger partial charge in [-0.25, -0.2) is 4.39 Å². The molecule has 100 valence electrons. The van der Waals surface area contributed by atoms with Crippen LogP contribution in [0.25, 0.3) is 0 Å². The van der Waals surface area contributed by atoms with Crippen LogP contribution in [-0.4, -0.2) is 25.7 Å². The number of hydrogen-bond donors (Lipinski definition) is 1. The molecule has 0 saturated carbocycles. The Morgan fingerprint density at radius 1 is 1.39 bits per heavy atom. The molecule has 1 N–H and O–H groups in total. The number of anilines is 1. The predicted molar refractivity (Wildman–Crippen MR) is 75.3 cm³/mol. The molecule has 1 aromatic rings. The van der Waals surface area contributed by atoms with Crippen molar-refractivity contribution in [2.75, 3.05) is 24.5 Å². The van der Waals surface area contributed by atoms with Crippen molar-refractivity contribution in [1.82, 2.24) is 5.32 Å². The van der Waals surface area contributed by atoms with Crippen LogP contribution in [-0.2, 0) is 0 Å². The minimum atomic E-state index is -0.540. The number of nitrogens with one attached hydrogen (secondary N) is 1. The van der Waals surface area contributed by atoms with E-state index in [-0.39, 0.29) is 10.0 Å². The van der Waals surface area contributed by atoms with Crippen molar-refractivity contribution in [3.05, 3.63) is 28.0 Å². The molecule has 1 fully saturated rings. The zero-order valence-corrected chi connectivity index (χ0v) is 11.9. The zero-order valence-electron chi connectivity index (χ0n) is 10.3. The van der Waals surface area contributed by atoms with Crippen LogP contribution < -0.4 is 10.2 Å². The number of hydrogen-bond acceptors (Lipinski definition) is 2. The highest BCUT2D eigenvalue weighted by Gasteiger charge is 2.20. The van der Waals surface area contributed by atoms with Gasteiger partial charge >= 0.3 is 0 Å². The molecule has 1 aliphatic heterocycles. The molecular formula is C13H17Cl2FN2. The molecule has 1 saturated heterocycles. The number of halogens is 3. The van der Waals surface area contributed by atoms with Crippen LogP contribution in [0.4, 0.5) is 10.1 Å². The smallest absolute Gasteiger partial charge is 0.160 e. The number of nitrogens with zero attached hydrogens (tertiary/aromatic N) is 1. The first-order valence-corrected chi connectivity index (χ1v) is 7.00. The summed E-state index contributed by atoms with van der Waals surface area (Å²) < 4.78 is 13.4. The average Bonchev–Trinajstić information content (AvgIpc) is 2.36. The lowest BCUT2D eigenvalue weighted by molar-refractivity contribution is 0.431. The van der Waals surface area contributed by atoms with Crippen LogP contribution in [0.1, 0.15) is 19.8 Å². The van der Waals surface area contributed by atoms with E-state index in [1.165, 1.54) is 6.42 Å². The highest BCUT2D eigenvalue weighted by Crippen LogP contribution is 2.30. The first kappa shape index (κ1) is 13.9. The van der Waals surface area contributed by atoms with Crippen LogP contribution >= 0.6 is 23.2 Å². The fourth-order valence-electron chi connectivity index (χ4n) is 2.39. The van der Waals surface area contributed by atoms with Crippen molar-refractivity contribution in [3.63, 3.8) is 0 Å². The monoisotopic (exact) mass is 290 g/mol. The molecule has 1 unspecified atom stereocenters. The van der Waals surface area contributed by atoms with E-state index in [1.807, 2.05) is 0 Å². The van der Waals surface area contributed by atoms with Crippen molar-refractivity contribution < 1.29 is 4.39 Å². The Labute approximate surface area is 117 Å².